The van der Waals surface area contributed by atoms with Crippen molar-refractivity contribution in [2.45, 2.75) is 0 Å². The van der Waals surface area contributed by atoms with E-state index >= 15 is 4.39 Å². The van der Waals surface area contributed by atoms with Crippen LogP contribution in [0.2, 0.25) is 5.02 Å². The number of halogens is 2. The highest BCUT2D eigenvalue weighted by Gasteiger charge is 2.22. The van der Waals surface area contributed by atoms with Crippen LogP contribution >= 0.6 is 11.6 Å². The lowest BCUT2D eigenvalue weighted by molar-refractivity contribution is -0.126. The summed E-state index contributed by atoms with van der Waals surface area (Å²) in [5.74, 6) is 0.281. The molecule has 0 unspecified atom stereocenters. The number of amides is 1. The Labute approximate surface area is 225 Å². The second-order valence-corrected chi connectivity index (χ2v) is 8.97. The van der Waals surface area contributed by atoms with E-state index in [1.54, 1.807) is 33.9 Å². The maximum Gasteiger partial charge on any atom is 0.246 e. The van der Waals surface area contributed by atoms with Crippen molar-refractivity contribution in [1.82, 2.24) is 39.4 Å². The fraction of sp³-hybridized carbons (Fsp3) is 0.160. The van der Waals surface area contributed by atoms with Crippen molar-refractivity contribution >= 4 is 51.6 Å². The van der Waals surface area contributed by atoms with Crippen molar-refractivity contribution in [3.05, 3.63) is 72.8 Å². The van der Waals surface area contributed by atoms with Gasteiger partial charge in [0.05, 0.1) is 11.2 Å². The van der Waals surface area contributed by atoms with Gasteiger partial charge >= 0.3 is 0 Å². The van der Waals surface area contributed by atoms with E-state index in [-0.39, 0.29) is 16.7 Å². The van der Waals surface area contributed by atoms with Gasteiger partial charge < -0.3 is 19.9 Å². The SMILES string of the molecule is C=CC(=O)N1CCN(c2ncc3ncnc(Nc4cc(F)c(Oc5ccn6ncnc6c5)c(Cl)c4)c3n2)CC1. The first kappa shape index (κ1) is 24.4. The minimum absolute atomic E-state index is 0.0551. The summed E-state index contributed by atoms with van der Waals surface area (Å²) >= 11 is 6.40. The number of hydrogen-bond acceptors (Lipinski definition) is 10. The number of benzene rings is 1. The standard InChI is InChI=1S/C25H20ClFN10O2/c1-2-21(38)35-5-7-36(8-6-35)25-28-12-19-22(34-25)24(31-13-29-19)33-15-9-17(26)23(18(27)10-15)39-16-3-4-37-20(11-16)30-14-32-37/h2-4,9-14H,1,5-8H2,(H,29,31,33). The van der Waals surface area contributed by atoms with Crippen LogP contribution in [-0.2, 0) is 4.79 Å². The normalized spacial score (nSPS) is 13.6. The molecular weight excluding hydrogens is 527 g/mol. The molecule has 4 aromatic heterocycles. The number of aromatic nitrogens is 7. The van der Waals surface area contributed by atoms with Gasteiger partial charge in [-0.05, 0) is 18.2 Å². The molecule has 1 fully saturated rings. The largest absolute Gasteiger partial charge is 0.453 e. The summed E-state index contributed by atoms with van der Waals surface area (Å²) in [7, 11) is 0. The van der Waals surface area contributed by atoms with E-state index in [9.17, 15) is 4.79 Å². The van der Waals surface area contributed by atoms with Crippen molar-refractivity contribution in [3.63, 3.8) is 0 Å². The van der Waals surface area contributed by atoms with Gasteiger partial charge in [0.15, 0.2) is 23.0 Å². The molecule has 14 heteroatoms. The number of nitrogens with one attached hydrogen (secondary N) is 1. The molecule has 12 nitrogen and oxygen atoms in total. The number of piperazine rings is 1. The lowest BCUT2D eigenvalue weighted by Crippen LogP contribution is -2.48. The zero-order chi connectivity index (χ0) is 26.9. The molecule has 196 valence electrons. The smallest absolute Gasteiger partial charge is 0.246 e. The number of carbonyl (C=O) groups is 1. The Morgan fingerprint density at radius 3 is 2.74 bits per heavy atom. The summed E-state index contributed by atoms with van der Waals surface area (Å²) < 4.78 is 22.4. The maximum atomic E-state index is 15.1. The monoisotopic (exact) mass is 546 g/mol. The van der Waals surface area contributed by atoms with Crippen LogP contribution in [0.25, 0.3) is 16.7 Å². The molecule has 1 aromatic carbocycles. The minimum atomic E-state index is -0.674. The zero-order valence-electron chi connectivity index (χ0n) is 20.3. The maximum absolute atomic E-state index is 15.1. The van der Waals surface area contributed by atoms with Crippen LogP contribution in [-0.4, -0.2) is 71.5 Å². The third kappa shape index (κ3) is 4.86. The average molecular weight is 547 g/mol. The van der Waals surface area contributed by atoms with E-state index in [4.69, 9.17) is 16.3 Å². The first-order valence-corrected chi connectivity index (χ1v) is 12.2. The molecule has 0 spiro atoms. The number of nitrogens with zero attached hydrogens (tertiary/aromatic N) is 9. The van der Waals surface area contributed by atoms with E-state index in [1.807, 2.05) is 4.90 Å². The average Bonchev–Trinajstić information content (AvgIpc) is 3.43. The summed E-state index contributed by atoms with van der Waals surface area (Å²) in [4.78, 5) is 37.3. The van der Waals surface area contributed by atoms with Gasteiger partial charge in [0.2, 0.25) is 11.9 Å². The van der Waals surface area contributed by atoms with Crippen molar-refractivity contribution in [3.8, 4) is 11.5 Å². The summed E-state index contributed by atoms with van der Waals surface area (Å²) in [5, 5.41) is 7.15. The molecule has 6 rings (SSSR count). The Hall–Kier alpha value is -4.91. The molecule has 1 amide bonds. The zero-order valence-corrected chi connectivity index (χ0v) is 21.1. The molecule has 39 heavy (non-hydrogen) atoms. The molecule has 0 atom stereocenters. The Balaban J connectivity index is 1.24. The van der Waals surface area contributed by atoms with Gasteiger partial charge in [-0.2, -0.15) is 5.10 Å². The Morgan fingerprint density at radius 1 is 1.10 bits per heavy atom. The summed E-state index contributed by atoms with van der Waals surface area (Å²) in [6.07, 6.45) is 7.33. The van der Waals surface area contributed by atoms with E-state index in [2.05, 4.69) is 41.9 Å². The first-order valence-electron chi connectivity index (χ1n) is 11.9. The van der Waals surface area contributed by atoms with Crippen LogP contribution in [0.1, 0.15) is 0 Å². The van der Waals surface area contributed by atoms with Gasteiger partial charge in [-0.25, -0.2) is 33.8 Å². The van der Waals surface area contributed by atoms with E-state index in [1.165, 1.54) is 30.9 Å². The lowest BCUT2D eigenvalue weighted by atomic mass is 10.2. The van der Waals surface area contributed by atoms with Gasteiger partial charge in [0, 0.05) is 50.2 Å². The highest BCUT2D eigenvalue weighted by atomic mass is 35.5. The Bertz CT molecular complexity index is 1700. The van der Waals surface area contributed by atoms with Gasteiger partial charge in [-0.1, -0.05) is 18.2 Å². The molecule has 5 aromatic rings. The van der Waals surface area contributed by atoms with Crippen molar-refractivity contribution in [1.29, 1.82) is 0 Å². The van der Waals surface area contributed by atoms with Crippen LogP contribution in [0.5, 0.6) is 11.5 Å². The van der Waals surface area contributed by atoms with Gasteiger partial charge in [0.25, 0.3) is 0 Å². The molecule has 0 bridgehead atoms. The predicted molar refractivity (Wildman–Crippen MR) is 142 cm³/mol. The number of rotatable bonds is 6. The number of carbonyl (C=O) groups excluding carboxylic acids is 1. The van der Waals surface area contributed by atoms with E-state index < -0.39 is 5.82 Å². The van der Waals surface area contributed by atoms with Crippen LogP contribution in [0.15, 0.2) is 62.0 Å². The molecular formula is C25H20ClFN10O2. The summed E-state index contributed by atoms with van der Waals surface area (Å²) in [6.45, 7) is 5.72. The Kier molecular flexibility index (Phi) is 6.32. The van der Waals surface area contributed by atoms with Crippen LogP contribution in [0, 0.1) is 5.82 Å². The van der Waals surface area contributed by atoms with Crippen molar-refractivity contribution < 1.29 is 13.9 Å². The molecule has 0 radical (unpaired) electrons. The quantitative estimate of drug-likeness (QED) is 0.315. The second-order valence-electron chi connectivity index (χ2n) is 8.56. The number of ether oxygens (including phenoxy) is 1. The third-order valence-electron chi connectivity index (χ3n) is 6.15. The number of hydrogen-bond donors (Lipinski definition) is 1. The number of pyridine rings is 1. The van der Waals surface area contributed by atoms with Crippen molar-refractivity contribution in [2.24, 2.45) is 0 Å². The van der Waals surface area contributed by atoms with Crippen molar-refractivity contribution in [2.75, 3.05) is 36.4 Å². The molecule has 5 heterocycles. The lowest BCUT2D eigenvalue weighted by Gasteiger charge is -2.34. The summed E-state index contributed by atoms with van der Waals surface area (Å²) in [5.41, 5.74) is 1.85. The fourth-order valence-electron chi connectivity index (χ4n) is 4.19. The number of anilines is 3. The van der Waals surface area contributed by atoms with Crippen LogP contribution in [0.3, 0.4) is 0 Å². The van der Waals surface area contributed by atoms with Gasteiger partial charge in [0.1, 0.15) is 29.4 Å². The Morgan fingerprint density at radius 2 is 1.95 bits per heavy atom. The first-order chi connectivity index (χ1) is 19.0. The third-order valence-corrected chi connectivity index (χ3v) is 6.43. The van der Waals surface area contributed by atoms with Gasteiger partial charge in [-0.15, -0.1) is 0 Å². The minimum Gasteiger partial charge on any atom is -0.453 e. The molecule has 1 N–H and O–H groups in total. The predicted octanol–water partition coefficient (Wildman–Crippen LogP) is 3.63. The number of fused-ring (bicyclic) bond motifs is 2. The highest BCUT2D eigenvalue weighted by molar-refractivity contribution is 6.32. The molecule has 1 aliphatic rings. The van der Waals surface area contributed by atoms with Crippen LogP contribution < -0.4 is 15.0 Å². The molecule has 0 aliphatic carbocycles. The van der Waals surface area contributed by atoms with Gasteiger partial charge in [-0.3, -0.25) is 4.79 Å². The van der Waals surface area contributed by atoms with E-state index in [0.717, 1.165) is 0 Å². The topological polar surface area (TPSA) is 127 Å². The molecule has 0 saturated carbocycles. The molecule has 1 saturated heterocycles. The molecule has 1 aliphatic heterocycles. The fourth-order valence-corrected chi connectivity index (χ4v) is 4.44. The van der Waals surface area contributed by atoms with E-state index in [0.29, 0.717) is 66.1 Å². The highest BCUT2D eigenvalue weighted by Crippen LogP contribution is 2.36. The second kappa shape index (κ2) is 10.1. The van der Waals surface area contributed by atoms with Crippen LogP contribution in [0.4, 0.5) is 21.8 Å². The summed E-state index contributed by atoms with van der Waals surface area (Å²) in [6, 6.07) is 6.03.